The Morgan fingerprint density at radius 3 is 2.62 bits per heavy atom. The molecule has 2 heterocycles. The van der Waals surface area contributed by atoms with Gasteiger partial charge >= 0.3 is 0 Å². The molecule has 2 rings (SSSR count). The van der Waals surface area contributed by atoms with Crippen LogP contribution >= 0.6 is 0 Å². The Balaban J connectivity index is 1.80. The summed E-state index contributed by atoms with van der Waals surface area (Å²) >= 11 is 0. The van der Waals surface area contributed by atoms with Gasteiger partial charge < -0.3 is 10.6 Å². The van der Waals surface area contributed by atoms with E-state index in [9.17, 15) is 4.79 Å². The predicted molar refractivity (Wildman–Crippen MR) is 87.2 cm³/mol. The Morgan fingerprint density at radius 2 is 2.00 bits per heavy atom. The summed E-state index contributed by atoms with van der Waals surface area (Å²) in [7, 11) is 0. The Labute approximate surface area is 130 Å². The van der Waals surface area contributed by atoms with Crippen molar-refractivity contribution in [3.63, 3.8) is 0 Å². The van der Waals surface area contributed by atoms with Gasteiger partial charge in [-0.05, 0) is 57.9 Å². The normalized spacial score (nSPS) is 29.6. The third-order valence-electron chi connectivity index (χ3n) is 5.44. The first-order valence-corrected chi connectivity index (χ1v) is 8.55. The Bertz CT molecular complexity index is 367. The second-order valence-corrected chi connectivity index (χ2v) is 8.00. The molecular formula is C17H33N3O. The molecule has 3 unspecified atom stereocenters. The summed E-state index contributed by atoms with van der Waals surface area (Å²) in [4.78, 5) is 14.7. The molecule has 122 valence electrons. The van der Waals surface area contributed by atoms with Gasteiger partial charge in [0.25, 0.3) is 0 Å². The second-order valence-electron chi connectivity index (χ2n) is 8.00. The number of rotatable bonds is 6. The smallest absolute Gasteiger partial charge is 0.234 e. The van der Waals surface area contributed by atoms with Crippen LogP contribution in [0.15, 0.2) is 0 Å². The van der Waals surface area contributed by atoms with Crippen molar-refractivity contribution in [1.29, 1.82) is 0 Å². The van der Waals surface area contributed by atoms with Crippen molar-refractivity contribution in [2.45, 2.75) is 59.0 Å². The highest BCUT2D eigenvalue weighted by Gasteiger charge is 2.49. The van der Waals surface area contributed by atoms with Gasteiger partial charge in [-0.2, -0.15) is 0 Å². The molecule has 1 amide bonds. The van der Waals surface area contributed by atoms with Crippen LogP contribution in [0, 0.1) is 17.8 Å². The zero-order chi connectivity index (χ0) is 15.6. The molecule has 4 heteroatoms. The summed E-state index contributed by atoms with van der Waals surface area (Å²) in [6.45, 7) is 15.0. The highest BCUT2D eigenvalue weighted by molar-refractivity contribution is 5.78. The molecule has 4 nitrogen and oxygen atoms in total. The van der Waals surface area contributed by atoms with Gasteiger partial charge in [0.15, 0.2) is 0 Å². The van der Waals surface area contributed by atoms with Crippen molar-refractivity contribution >= 4 is 5.91 Å². The van der Waals surface area contributed by atoms with Crippen LogP contribution in [0.4, 0.5) is 0 Å². The molecule has 0 aromatic rings. The zero-order valence-corrected chi connectivity index (χ0v) is 14.4. The van der Waals surface area contributed by atoms with Gasteiger partial charge in [0.2, 0.25) is 5.91 Å². The topological polar surface area (TPSA) is 44.4 Å². The number of carbonyl (C=O) groups is 1. The number of carbonyl (C=O) groups excluding carboxylic acids is 1. The number of likely N-dealkylation sites (tertiary alicyclic amines) is 1. The van der Waals surface area contributed by atoms with Crippen LogP contribution in [0.25, 0.3) is 0 Å². The quantitative estimate of drug-likeness (QED) is 0.786. The molecule has 0 spiro atoms. The fourth-order valence-electron chi connectivity index (χ4n) is 3.92. The van der Waals surface area contributed by atoms with E-state index in [0.717, 1.165) is 26.1 Å². The first-order valence-electron chi connectivity index (χ1n) is 8.55. The van der Waals surface area contributed by atoms with Crippen molar-refractivity contribution in [2.24, 2.45) is 17.8 Å². The second kappa shape index (κ2) is 6.66. The molecule has 2 aliphatic heterocycles. The van der Waals surface area contributed by atoms with Crippen LogP contribution < -0.4 is 10.6 Å². The molecule has 21 heavy (non-hydrogen) atoms. The maximum atomic E-state index is 12.3. The van der Waals surface area contributed by atoms with Crippen molar-refractivity contribution < 1.29 is 4.79 Å². The minimum absolute atomic E-state index is 0.132. The predicted octanol–water partition coefficient (Wildman–Crippen LogP) is 1.86. The molecule has 0 aromatic carbocycles. The third-order valence-corrected chi connectivity index (χ3v) is 5.44. The van der Waals surface area contributed by atoms with Crippen LogP contribution in [0.5, 0.6) is 0 Å². The molecule has 2 aliphatic rings. The molecule has 0 aliphatic carbocycles. The van der Waals surface area contributed by atoms with E-state index in [-0.39, 0.29) is 17.5 Å². The van der Waals surface area contributed by atoms with Gasteiger partial charge in [-0.3, -0.25) is 9.69 Å². The zero-order valence-electron chi connectivity index (χ0n) is 14.4. The largest absolute Gasteiger partial charge is 0.353 e. The lowest BCUT2D eigenvalue weighted by Gasteiger charge is -2.35. The van der Waals surface area contributed by atoms with E-state index >= 15 is 0 Å². The monoisotopic (exact) mass is 295 g/mol. The first kappa shape index (κ1) is 16.8. The molecule has 0 saturated carbocycles. The number of amides is 1. The number of nitrogens with zero attached hydrogens (tertiary/aromatic N) is 1. The van der Waals surface area contributed by atoms with Crippen LogP contribution in [-0.2, 0) is 4.79 Å². The molecule has 2 N–H and O–H groups in total. The average Bonchev–Trinajstić information content (AvgIpc) is 2.91. The summed E-state index contributed by atoms with van der Waals surface area (Å²) in [5, 5.41) is 6.66. The van der Waals surface area contributed by atoms with Crippen LogP contribution in [0.2, 0.25) is 0 Å². The molecule has 2 fully saturated rings. The summed E-state index contributed by atoms with van der Waals surface area (Å²) in [5.41, 5.74) is 0.132. The van der Waals surface area contributed by atoms with E-state index in [1.54, 1.807) is 0 Å². The van der Waals surface area contributed by atoms with Crippen LogP contribution in [0.3, 0.4) is 0 Å². The molecule has 0 radical (unpaired) electrons. The van der Waals surface area contributed by atoms with Gasteiger partial charge in [0.1, 0.15) is 0 Å². The third kappa shape index (κ3) is 3.98. The van der Waals surface area contributed by atoms with Gasteiger partial charge in [0.05, 0.1) is 6.54 Å². The van der Waals surface area contributed by atoms with Gasteiger partial charge in [-0.1, -0.05) is 13.8 Å². The van der Waals surface area contributed by atoms with Gasteiger partial charge in [0, 0.05) is 24.7 Å². The van der Waals surface area contributed by atoms with Crippen LogP contribution in [0.1, 0.15) is 47.5 Å². The van der Waals surface area contributed by atoms with Crippen molar-refractivity contribution in [3.8, 4) is 0 Å². The average molecular weight is 295 g/mol. The Kier molecular flexibility index (Phi) is 5.31. The number of nitrogens with one attached hydrogen (secondary N) is 2. The lowest BCUT2D eigenvalue weighted by molar-refractivity contribution is -0.123. The van der Waals surface area contributed by atoms with E-state index in [2.05, 4.69) is 50.2 Å². The summed E-state index contributed by atoms with van der Waals surface area (Å²) in [5.74, 6) is 2.29. The molecule has 3 atom stereocenters. The van der Waals surface area contributed by atoms with Crippen molar-refractivity contribution in [3.05, 3.63) is 0 Å². The van der Waals surface area contributed by atoms with Crippen molar-refractivity contribution in [2.75, 3.05) is 26.2 Å². The van der Waals surface area contributed by atoms with E-state index in [1.165, 1.54) is 6.42 Å². The fourth-order valence-corrected chi connectivity index (χ4v) is 3.92. The van der Waals surface area contributed by atoms with Crippen LogP contribution in [-0.4, -0.2) is 48.6 Å². The summed E-state index contributed by atoms with van der Waals surface area (Å²) in [6.07, 6.45) is 2.24. The van der Waals surface area contributed by atoms with E-state index in [1.807, 2.05) is 0 Å². The molecule has 0 aromatic heterocycles. The summed E-state index contributed by atoms with van der Waals surface area (Å²) < 4.78 is 0. The van der Waals surface area contributed by atoms with E-state index < -0.39 is 0 Å². The standard InChI is InChI=1S/C17H33N3O/c1-12(2)6-7-13(3)19-16(21)11-20-10-14-8-18-9-15(14)17(20,4)5/h12-15,18H,6-11H2,1-5H3,(H,19,21). The molecule has 2 saturated heterocycles. The fraction of sp³-hybridized carbons (Fsp3) is 0.941. The number of hydrogen-bond acceptors (Lipinski definition) is 3. The van der Waals surface area contributed by atoms with Gasteiger partial charge in [-0.25, -0.2) is 0 Å². The lowest BCUT2D eigenvalue weighted by Crippen LogP contribution is -2.49. The van der Waals surface area contributed by atoms with E-state index in [0.29, 0.717) is 24.3 Å². The summed E-state index contributed by atoms with van der Waals surface area (Å²) in [6, 6.07) is 0.284. The first-order chi connectivity index (χ1) is 9.80. The number of fused-ring (bicyclic) bond motifs is 1. The Hall–Kier alpha value is -0.610. The maximum Gasteiger partial charge on any atom is 0.234 e. The molecular weight excluding hydrogens is 262 g/mol. The molecule has 0 bridgehead atoms. The maximum absolute atomic E-state index is 12.3. The van der Waals surface area contributed by atoms with Gasteiger partial charge in [-0.15, -0.1) is 0 Å². The minimum Gasteiger partial charge on any atom is -0.353 e. The highest BCUT2D eigenvalue weighted by Crippen LogP contribution is 2.40. The van der Waals surface area contributed by atoms with E-state index in [4.69, 9.17) is 0 Å². The van der Waals surface area contributed by atoms with Crippen molar-refractivity contribution in [1.82, 2.24) is 15.5 Å². The highest BCUT2D eigenvalue weighted by atomic mass is 16.2. The minimum atomic E-state index is 0.132. The Morgan fingerprint density at radius 1 is 1.29 bits per heavy atom. The number of hydrogen-bond donors (Lipinski definition) is 2. The SMILES string of the molecule is CC(C)CCC(C)NC(=O)CN1CC2CNCC2C1(C)C. The lowest BCUT2D eigenvalue weighted by atomic mass is 9.85.